The van der Waals surface area contributed by atoms with Gasteiger partial charge in [0, 0.05) is 0 Å². The Morgan fingerprint density at radius 2 is 2.11 bits per heavy atom. The largest absolute Gasteiger partial charge is 0.476 e. The van der Waals surface area contributed by atoms with Crippen molar-refractivity contribution in [2.24, 2.45) is 0 Å². The van der Waals surface area contributed by atoms with E-state index in [1.165, 1.54) is 11.8 Å². The van der Waals surface area contributed by atoms with Crippen molar-refractivity contribution in [3.63, 3.8) is 0 Å². The summed E-state index contributed by atoms with van der Waals surface area (Å²) in [4.78, 5) is 4.39. The van der Waals surface area contributed by atoms with Gasteiger partial charge < -0.3 is 10.5 Å². The predicted octanol–water partition coefficient (Wildman–Crippen LogP) is 3.18. The second-order valence-electron chi connectivity index (χ2n) is 3.53. The molecule has 0 saturated heterocycles. The van der Waals surface area contributed by atoms with Crippen LogP contribution < -0.4 is 10.5 Å². The van der Waals surface area contributed by atoms with Crippen molar-refractivity contribution in [1.82, 2.24) is 15.2 Å². The van der Waals surface area contributed by atoms with Crippen LogP contribution in [0.2, 0.25) is 0 Å². The number of ether oxygens (including phenoxy) is 1. The Hall–Kier alpha value is -0.990. The van der Waals surface area contributed by atoms with E-state index in [4.69, 9.17) is 10.5 Å². The number of thioether (sulfide) groups is 1. The third-order valence-electron chi connectivity index (χ3n) is 2.06. The predicted molar refractivity (Wildman–Crippen MR) is 80.2 cm³/mol. The number of nitrogens with zero attached hydrogens (tertiary/aromatic N) is 3. The molecule has 102 valence electrons. The van der Waals surface area contributed by atoms with Crippen LogP contribution in [0.1, 0.15) is 13.3 Å². The van der Waals surface area contributed by atoms with Gasteiger partial charge in [-0.25, -0.2) is 4.98 Å². The summed E-state index contributed by atoms with van der Waals surface area (Å²) in [6.45, 7) is 2.65. The minimum Gasteiger partial charge on any atom is -0.476 e. The van der Waals surface area contributed by atoms with Crippen molar-refractivity contribution >= 4 is 40.5 Å². The maximum atomic E-state index is 5.82. The zero-order valence-electron chi connectivity index (χ0n) is 10.6. The summed E-state index contributed by atoms with van der Waals surface area (Å²) in [6, 6.07) is 3.66. The van der Waals surface area contributed by atoms with Crippen LogP contribution in [-0.4, -0.2) is 28.0 Å². The van der Waals surface area contributed by atoms with Crippen LogP contribution >= 0.6 is 34.9 Å². The zero-order valence-corrected chi connectivity index (χ0v) is 13.1. The van der Waals surface area contributed by atoms with Gasteiger partial charge in [-0.3, -0.25) is 0 Å². The number of hydrogen-bond donors (Lipinski definition) is 1. The molecule has 0 fully saturated rings. The van der Waals surface area contributed by atoms with E-state index in [1.54, 1.807) is 29.2 Å². The lowest BCUT2D eigenvalue weighted by atomic mass is 10.4. The van der Waals surface area contributed by atoms with Gasteiger partial charge >= 0.3 is 0 Å². The standard InChI is InChI=1S/C11H14N4OS3/c1-3-6-16-9-7(12)4-5-8(13-9)18-11-15-14-10(17-2)19-11/h4-5H,3,6,12H2,1-2H3. The first-order valence-corrected chi connectivity index (χ1v) is 8.53. The number of rotatable bonds is 6. The van der Waals surface area contributed by atoms with Crippen molar-refractivity contribution in [1.29, 1.82) is 0 Å². The van der Waals surface area contributed by atoms with E-state index in [0.717, 1.165) is 20.1 Å². The second kappa shape index (κ2) is 6.97. The van der Waals surface area contributed by atoms with Crippen molar-refractivity contribution in [3.05, 3.63) is 12.1 Å². The number of aromatic nitrogens is 3. The third kappa shape index (κ3) is 3.99. The highest BCUT2D eigenvalue weighted by molar-refractivity contribution is 8.02. The lowest BCUT2D eigenvalue weighted by molar-refractivity contribution is 0.305. The van der Waals surface area contributed by atoms with Crippen LogP contribution in [0, 0.1) is 0 Å². The molecule has 0 atom stereocenters. The van der Waals surface area contributed by atoms with Gasteiger partial charge in [-0.15, -0.1) is 10.2 Å². The quantitative estimate of drug-likeness (QED) is 0.821. The Morgan fingerprint density at radius 3 is 2.79 bits per heavy atom. The van der Waals surface area contributed by atoms with Gasteiger partial charge in [0.1, 0.15) is 5.03 Å². The van der Waals surface area contributed by atoms with E-state index in [-0.39, 0.29) is 0 Å². The van der Waals surface area contributed by atoms with Crippen molar-refractivity contribution in [2.45, 2.75) is 27.0 Å². The summed E-state index contributed by atoms with van der Waals surface area (Å²) >= 11 is 4.60. The molecule has 2 aromatic rings. The fraction of sp³-hybridized carbons (Fsp3) is 0.364. The molecule has 0 aromatic carbocycles. The van der Waals surface area contributed by atoms with Crippen molar-refractivity contribution in [2.75, 3.05) is 18.6 Å². The molecule has 2 N–H and O–H groups in total. The summed E-state index contributed by atoms with van der Waals surface area (Å²) in [7, 11) is 0. The average Bonchev–Trinajstić information content (AvgIpc) is 2.87. The number of nitrogen functional groups attached to an aromatic ring is 1. The van der Waals surface area contributed by atoms with E-state index in [2.05, 4.69) is 15.2 Å². The van der Waals surface area contributed by atoms with E-state index in [0.29, 0.717) is 18.2 Å². The van der Waals surface area contributed by atoms with E-state index in [9.17, 15) is 0 Å². The fourth-order valence-electron chi connectivity index (χ4n) is 1.22. The molecule has 0 unspecified atom stereocenters. The van der Waals surface area contributed by atoms with Gasteiger partial charge in [0.15, 0.2) is 8.68 Å². The van der Waals surface area contributed by atoms with Gasteiger partial charge in [0.05, 0.1) is 12.3 Å². The Kier molecular flexibility index (Phi) is 5.29. The van der Waals surface area contributed by atoms with Crippen LogP contribution in [0.5, 0.6) is 5.88 Å². The molecule has 0 aliphatic carbocycles. The van der Waals surface area contributed by atoms with Gasteiger partial charge in [0.25, 0.3) is 0 Å². The first-order valence-electron chi connectivity index (χ1n) is 5.67. The van der Waals surface area contributed by atoms with Crippen LogP contribution in [0.4, 0.5) is 5.69 Å². The first kappa shape index (κ1) is 14.4. The minimum absolute atomic E-state index is 0.487. The molecule has 2 aromatic heterocycles. The van der Waals surface area contributed by atoms with Gasteiger partial charge in [-0.05, 0) is 36.6 Å². The van der Waals surface area contributed by atoms with Crippen molar-refractivity contribution in [3.8, 4) is 5.88 Å². The highest BCUT2D eigenvalue weighted by Crippen LogP contribution is 2.33. The molecule has 0 aliphatic heterocycles. The lowest BCUT2D eigenvalue weighted by Crippen LogP contribution is -2.01. The summed E-state index contributed by atoms with van der Waals surface area (Å²) < 4.78 is 7.31. The Bertz CT molecular complexity index is 546. The normalized spacial score (nSPS) is 10.6. The molecule has 2 heterocycles. The Labute approximate surface area is 124 Å². The third-order valence-corrected chi connectivity index (χ3v) is 4.95. The SMILES string of the molecule is CCCOc1nc(Sc2nnc(SC)s2)ccc1N. The summed E-state index contributed by atoms with van der Waals surface area (Å²) in [6.07, 6.45) is 2.90. The molecule has 0 spiro atoms. The molecule has 0 aliphatic rings. The average molecular weight is 314 g/mol. The number of nitrogens with two attached hydrogens (primary N) is 1. The van der Waals surface area contributed by atoms with E-state index < -0.39 is 0 Å². The smallest absolute Gasteiger partial charge is 0.238 e. The van der Waals surface area contributed by atoms with Gasteiger partial charge in [0.2, 0.25) is 5.88 Å². The molecule has 0 saturated carbocycles. The highest BCUT2D eigenvalue weighted by atomic mass is 32.2. The number of pyridine rings is 1. The van der Waals surface area contributed by atoms with Gasteiger partial charge in [-0.2, -0.15) is 0 Å². The monoisotopic (exact) mass is 314 g/mol. The molecule has 8 heteroatoms. The number of anilines is 1. The lowest BCUT2D eigenvalue weighted by Gasteiger charge is -2.07. The Balaban J connectivity index is 2.11. The van der Waals surface area contributed by atoms with Gasteiger partial charge in [-0.1, -0.05) is 30.0 Å². The molecule has 0 radical (unpaired) electrons. The van der Waals surface area contributed by atoms with E-state index in [1.807, 2.05) is 19.2 Å². The molecular formula is C11H14N4OS3. The minimum atomic E-state index is 0.487. The fourth-order valence-corrected chi connectivity index (χ4v) is 3.56. The zero-order chi connectivity index (χ0) is 13.7. The Morgan fingerprint density at radius 1 is 1.32 bits per heavy atom. The summed E-state index contributed by atoms with van der Waals surface area (Å²) in [5, 5.41) is 8.95. The second-order valence-corrected chi connectivity index (χ2v) is 6.83. The molecule has 19 heavy (non-hydrogen) atoms. The summed E-state index contributed by atoms with van der Waals surface area (Å²) in [5.41, 5.74) is 6.38. The summed E-state index contributed by atoms with van der Waals surface area (Å²) in [5.74, 6) is 0.487. The van der Waals surface area contributed by atoms with Crippen LogP contribution in [0.3, 0.4) is 0 Å². The topological polar surface area (TPSA) is 73.9 Å². The number of hydrogen-bond acceptors (Lipinski definition) is 8. The molecule has 0 bridgehead atoms. The van der Waals surface area contributed by atoms with Crippen LogP contribution in [-0.2, 0) is 0 Å². The molecule has 0 amide bonds. The molecular weight excluding hydrogens is 300 g/mol. The molecule has 5 nitrogen and oxygen atoms in total. The first-order chi connectivity index (χ1) is 9.22. The van der Waals surface area contributed by atoms with Crippen LogP contribution in [0.15, 0.2) is 25.8 Å². The molecule has 2 rings (SSSR count). The highest BCUT2D eigenvalue weighted by Gasteiger charge is 2.09. The van der Waals surface area contributed by atoms with E-state index >= 15 is 0 Å². The van der Waals surface area contributed by atoms with Crippen molar-refractivity contribution < 1.29 is 4.74 Å². The maximum Gasteiger partial charge on any atom is 0.238 e. The van der Waals surface area contributed by atoms with Crippen LogP contribution in [0.25, 0.3) is 0 Å². The maximum absolute atomic E-state index is 5.82.